The second-order valence-electron chi connectivity index (χ2n) is 5.57. The molecule has 0 radical (unpaired) electrons. The zero-order chi connectivity index (χ0) is 14.8. The van der Waals surface area contributed by atoms with Gasteiger partial charge in [0.25, 0.3) is 0 Å². The van der Waals surface area contributed by atoms with Crippen molar-refractivity contribution in [1.29, 1.82) is 0 Å². The summed E-state index contributed by atoms with van der Waals surface area (Å²) in [5, 5.41) is 1.29. The third-order valence-electron chi connectivity index (χ3n) is 4.09. The number of aromatic nitrogens is 1. The standard InChI is InChI=1S/C21H17N/c1-2-6-18(7-3-1)19-12-10-17(11-13-19)16-22-15-14-20-8-4-5-9-21(20)22/h1-15H,16H2. The third-order valence-corrected chi connectivity index (χ3v) is 4.09. The third kappa shape index (κ3) is 2.42. The van der Waals surface area contributed by atoms with Crippen LogP contribution in [0.3, 0.4) is 0 Å². The molecule has 0 aliphatic heterocycles. The lowest BCUT2D eigenvalue weighted by Gasteiger charge is -2.07. The molecule has 4 aromatic rings. The molecule has 4 rings (SSSR count). The molecule has 1 nitrogen and oxygen atoms in total. The van der Waals surface area contributed by atoms with Crippen molar-refractivity contribution in [2.45, 2.75) is 6.54 Å². The maximum atomic E-state index is 2.30. The van der Waals surface area contributed by atoms with E-state index >= 15 is 0 Å². The monoisotopic (exact) mass is 283 g/mol. The van der Waals surface area contributed by atoms with Crippen molar-refractivity contribution in [2.24, 2.45) is 0 Å². The van der Waals surface area contributed by atoms with Crippen LogP contribution in [0.1, 0.15) is 5.56 Å². The molecular weight excluding hydrogens is 266 g/mol. The Hall–Kier alpha value is -2.80. The van der Waals surface area contributed by atoms with E-state index in [0.29, 0.717) is 0 Å². The predicted octanol–water partition coefficient (Wildman–Crippen LogP) is 5.36. The van der Waals surface area contributed by atoms with E-state index in [4.69, 9.17) is 0 Å². The Labute approximate surface area is 130 Å². The van der Waals surface area contributed by atoms with E-state index in [1.165, 1.54) is 27.6 Å². The van der Waals surface area contributed by atoms with Crippen LogP contribution < -0.4 is 0 Å². The Bertz CT molecular complexity index is 886. The van der Waals surface area contributed by atoms with Gasteiger partial charge in [0.15, 0.2) is 0 Å². The molecule has 3 aromatic carbocycles. The Morgan fingerprint density at radius 1 is 0.591 bits per heavy atom. The van der Waals surface area contributed by atoms with Crippen molar-refractivity contribution in [3.05, 3.63) is 96.7 Å². The maximum Gasteiger partial charge on any atom is 0.0483 e. The smallest absolute Gasteiger partial charge is 0.0483 e. The van der Waals surface area contributed by atoms with E-state index in [9.17, 15) is 0 Å². The van der Waals surface area contributed by atoms with Crippen molar-refractivity contribution in [2.75, 3.05) is 0 Å². The van der Waals surface area contributed by atoms with Gasteiger partial charge in [-0.3, -0.25) is 0 Å². The lowest BCUT2D eigenvalue weighted by molar-refractivity contribution is 0.837. The first-order valence-corrected chi connectivity index (χ1v) is 7.58. The van der Waals surface area contributed by atoms with Crippen LogP contribution in [0.5, 0.6) is 0 Å². The van der Waals surface area contributed by atoms with E-state index in [1.54, 1.807) is 0 Å². The summed E-state index contributed by atoms with van der Waals surface area (Å²) in [5.41, 5.74) is 5.14. The number of fused-ring (bicyclic) bond motifs is 1. The van der Waals surface area contributed by atoms with Crippen LogP contribution in [0.2, 0.25) is 0 Å². The molecular formula is C21H17N. The molecule has 0 aliphatic carbocycles. The fourth-order valence-corrected chi connectivity index (χ4v) is 2.91. The molecule has 0 spiro atoms. The van der Waals surface area contributed by atoms with Gasteiger partial charge < -0.3 is 4.57 Å². The van der Waals surface area contributed by atoms with E-state index in [-0.39, 0.29) is 0 Å². The van der Waals surface area contributed by atoms with Gasteiger partial charge in [-0.1, -0.05) is 72.8 Å². The largest absolute Gasteiger partial charge is 0.343 e. The summed E-state index contributed by atoms with van der Waals surface area (Å²) in [6.45, 7) is 0.905. The van der Waals surface area contributed by atoms with Crippen LogP contribution in [-0.4, -0.2) is 4.57 Å². The van der Waals surface area contributed by atoms with Gasteiger partial charge in [-0.15, -0.1) is 0 Å². The van der Waals surface area contributed by atoms with Gasteiger partial charge in [0.1, 0.15) is 0 Å². The summed E-state index contributed by atoms with van der Waals surface area (Å²) in [6.07, 6.45) is 2.16. The van der Waals surface area contributed by atoms with Crippen LogP contribution in [0.15, 0.2) is 91.1 Å². The Morgan fingerprint density at radius 2 is 1.27 bits per heavy atom. The summed E-state index contributed by atoms with van der Waals surface area (Å²) >= 11 is 0. The van der Waals surface area contributed by atoms with Gasteiger partial charge in [0, 0.05) is 18.3 Å². The molecule has 0 saturated carbocycles. The number of hydrogen-bond donors (Lipinski definition) is 0. The molecule has 1 heterocycles. The zero-order valence-electron chi connectivity index (χ0n) is 12.3. The highest BCUT2D eigenvalue weighted by molar-refractivity contribution is 5.80. The van der Waals surface area contributed by atoms with Gasteiger partial charge in [-0.25, -0.2) is 0 Å². The molecule has 1 aromatic heterocycles. The lowest BCUT2D eigenvalue weighted by atomic mass is 10.0. The number of benzene rings is 3. The molecule has 0 fully saturated rings. The van der Waals surface area contributed by atoms with E-state index in [0.717, 1.165) is 6.54 Å². The van der Waals surface area contributed by atoms with Gasteiger partial charge in [0.05, 0.1) is 0 Å². The fourth-order valence-electron chi connectivity index (χ4n) is 2.91. The SMILES string of the molecule is c1ccc(-c2ccc(Cn3ccc4ccccc43)cc2)cc1. The van der Waals surface area contributed by atoms with Crippen molar-refractivity contribution in [3.8, 4) is 11.1 Å². The first-order valence-electron chi connectivity index (χ1n) is 7.58. The number of rotatable bonds is 3. The topological polar surface area (TPSA) is 4.93 Å². The Balaban J connectivity index is 1.61. The normalized spacial score (nSPS) is 10.9. The number of para-hydroxylation sites is 1. The number of nitrogens with zero attached hydrogens (tertiary/aromatic N) is 1. The average Bonchev–Trinajstić information content (AvgIpc) is 3.00. The average molecular weight is 283 g/mol. The number of hydrogen-bond acceptors (Lipinski definition) is 0. The Kier molecular flexibility index (Phi) is 3.24. The summed E-state index contributed by atoms with van der Waals surface area (Å²) in [7, 11) is 0. The molecule has 106 valence electrons. The quantitative estimate of drug-likeness (QED) is 0.477. The molecule has 0 amide bonds. The van der Waals surface area contributed by atoms with Crippen LogP contribution in [0, 0.1) is 0 Å². The molecule has 22 heavy (non-hydrogen) atoms. The highest BCUT2D eigenvalue weighted by Crippen LogP contribution is 2.21. The second-order valence-corrected chi connectivity index (χ2v) is 5.57. The summed E-state index contributed by atoms with van der Waals surface area (Å²) in [4.78, 5) is 0. The van der Waals surface area contributed by atoms with Crippen LogP contribution in [0.4, 0.5) is 0 Å². The maximum absolute atomic E-state index is 2.30. The van der Waals surface area contributed by atoms with Crippen molar-refractivity contribution < 1.29 is 0 Å². The molecule has 0 aliphatic rings. The minimum absolute atomic E-state index is 0.905. The summed E-state index contributed by atoms with van der Waals surface area (Å²) < 4.78 is 2.30. The summed E-state index contributed by atoms with van der Waals surface area (Å²) in [5.74, 6) is 0. The van der Waals surface area contributed by atoms with Crippen LogP contribution in [0.25, 0.3) is 22.0 Å². The molecule has 1 heteroatoms. The summed E-state index contributed by atoms with van der Waals surface area (Å²) in [6, 6.07) is 30.0. The van der Waals surface area contributed by atoms with Gasteiger partial charge in [-0.2, -0.15) is 0 Å². The van der Waals surface area contributed by atoms with Crippen molar-refractivity contribution in [3.63, 3.8) is 0 Å². The molecule has 0 unspecified atom stereocenters. The van der Waals surface area contributed by atoms with Crippen LogP contribution in [-0.2, 0) is 6.54 Å². The predicted molar refractivity (Wildman–Crippen MR) is 92.9 cm³/mol. The zero-order valence-corrected chi connectivity index (χ0v) is 12.3. The first-order chi connectivity index (χ1) is 10.9. The second kappa shape index (κ2) is 5.53. The highest BCUT2D eigenvalue weighted by atomic mass is 14.9. The fraction of sp³-hybridized carbons (Fsp3) is 0.0476. The lowest BCUT2D eigenvalue weighted by Crippen LogP contribution is -1.97. The molecule has 0 saturated heterocycles. The van der Waals surface area contributed by atoms with Gasteiger partial charge in [-0.05, 0) is 34.2 Å². The van der Waals surface area contributed by atoms with Gasteiger partial charge >= 0.3 is 0 Å². The Morgan fingerprint density at radius 3 is 2.09 bits per heavy atom. The van der Waals surface area contributed by atoms with Gasteiger partial charge in [0.2, 0.25) is 0 Å². The van der Waals surface area contributed by atoms with E-state index < -0.39 is 0 Å². The highest BCUT2D eigenvalue weighted by Gasteiger charge is 2.02. The van der Waals surface area contributed by atoms with Crippen LogP contribution >= 0.6 is 0 Å². The van der Waals surface area contributed by atoms with E-state index in [1.807, 2.05) is 0 Å². The molecule has 0 bridgehead atoms. The van der Waals surface area contributed by atoms with E-state index in [2.05, 4.69) is 95.7 Å². The minimum atomic E-state index is 0.905. The van der Waals surface area contributed by atoms with Crippen molar-refractivity contribution >= 4 is 10.9 Å². The molecule has 0 atom stereocenters. The minimum Gasteiger partial charge on any atom is -0.343 e. The molecule has 0 N–H and O–H groups in total. The van der Waals surface area contributed by atoms with Crippen molar-refractivity contribution in [1.82, 2.24) is 4.57 Å². The first kappa shape index (κ1) is 12.9.